The number of hydrogen-bond donors (Lipinski definition) is 2. The Morgan fingerprint density at radius 3 is 2.82 bits per heavy atom. The van der Waals surface area contributed by atoms with E-state index in [0.29, 0.717) is 51.6 Å². The number of Topliss-reactive ketones (excluding diaryl/α,β-unsaturated/α-hetero) is 1. The summed E-state index contributed by atoms with van der Waals surface area (Å²) < 4.78 is 10.8. The van der Waals surface area contributed by atoms with Gasteiger partial charge in [0.25, 0.3) is 0 Å². The van der Waals surface area contributed by atoms with Crippen molar-refractivity contribution in [3.63, 3.8) is 0 Å². The van der Waals surface area contributed by atoms with E-state index in [0.717, 1.165) is 11.3 Å². The molecule has 194 valence electrons. The van der Waals surface area contributed by atoms with Gasteiger partial charge in [-0.25, -0.2) is 0 Å². The second kappa shape index (κ2) is 10.7. The first-order chi connectivity index (χ1) is 18.4. The number of aromatic nitrogens is 3. The van der Waals surface area contributed by atoms with E-state index in [4.69, 9.17) is 15.0 Å². The maximum Gasteiger partial charge on any atom is 0.236 e. The molecule has 38 heavy (non-hydrogen) atoms. The van der Waals surface area contributed by atoms with Gasteiger partial charge in [-0.2, -0.15) is 5.26 Å². The van der Waals surface area contributed by atoms with E-state index < -0.39 is 5.92 Å². The molecule has 0 bridgehead atoms. The van der Waals surface area contributed by atoms with E-state index >= 15 is 0 Å². The summed E-state index contributed by atoms with van der Waals surface area (Å²) in [7, 11) is 1.58. The lowest BCUT2D eigenvalue weighted by Crippen LogP contribution is -2.38. The van der Waals surface area contributed by atoms with E-state index in [1.807, 2.05) is 12.1 Å². The van der Waals surface area contributed by atoms with Gasteiger partial charge in [0.15, 0.2) is 15.9 Å². The average Bonchev–Trinajstić information content (AvgIpc) is 3.55. The van der Waals surface area contributed by atoms with Crippen molar-refractivity contribution in [2.75, 3.05) is 23.1 Å². The molecule has 0 fully saturated rings. The zero-order chi connectivity index (χ0) is 26.8. The number of ketones is 1. The molecule has 1 atom stereocenters. The summed E-state index contributed by atoms with van der Waals surface area (Å²) in [5, 5.41) is 25.5. The number of amides is 1. The second-order valence-corrected chi connectivity index (χ2v) is 10.8. The van der Waals surface area contributed by atoms with Gasteiger partial charge in [-0.05, 0) is 37.5 Å². The number of methoxy groups -OCH3 is 1. The Kier molecular flexibility index (Phi) is 7.17. The van der Waals surface area contributed by atoms with Crippen LogP contribution in [0.4, 0.5) is 10.9 Å². The molecule has 3 heterocycles. The molecule has 3 N–H and O–H groups in total. The van der Waals surface area contributed by atoms with E-state index in [1.54, 1.807) is 37.1 Å². The number of thioether (sulfide) groups is 1. The van der Waals surface area contributed by atoms with Crippen molar-refractivity contribution in [2.24, 2.45) is 5.73 Å². The molecule has 0 spiro atoms. The molecule has 1 amide bonds. The number of nitrogens with one attached hydrogen (secondary N) is 1. The van der Waals surface area contributed by atoms with Gasteiger partial charge in [0.05, 0.1) is 30.4 Å². The van der Waals surface area contributed by atoms with Crippen LogP contribution in [0.15, 0.2) is 61.9 Å². The van der Waals surface area contributed by atoms with Crippen molar-refractivity contribution < 1.29 is 18.8 Å². The second-order valence-electron chi connectivity index (χ2n) is 8.60. The minimum Gasteiger partial charge on any atom is -0.497 e. The third kappa shape index (κ3) is 4.88. The fourth-order valence-electron chi connectivity index (χ4n) is 4.52. The van der Waals surface area contributed by atoms with E-state index in [9.17, 15) is 14.9 Å². The standard InChI is InChI=1S/C25H23N7O4S2/c1-13-10-19(31-36-13)28-20(34)12-37-25-30-29-24(38-25)32-17-4-3-5-18(33)22(17)21(16(11-26)23(32)27)14-6-8-15(35-2)9-7-14/h6-10,21H,3-5,12,27H2,1-2H3,(H,28,31,34). The summed E-state index contributed by atoms with van der Waals surface area (Å²) in [5.41, 5.74) is 8.93. The Hall–Kier alpha value is -4.15. The van der Waals surface area contributed by atoms with Crippen LogP contribution in [0.3, 0.4) is 0 Å². The van der Waals surface area contributed by atoms with Crippen LogP contribution < -0.4 is 20.7 Å². The molecular formula is C25H23N7O4S2. The van der Waals surface area contributed by atoms with Gasteiger partial charge in [-0.15, -0.1) is 10.2 Å². The van der Waals surface area contributed by atoms with Crippen LogP contribution in [-0.4, -0.2) is 39.9 Å². The molecule has 1 unspecified atom stereocenters. The first kappa shape index (κ1) is 25.5. The fraction of sp³-hybridized carbons (Fsp3) is 0.280. The zero-order valence-corrected chi connectivity index (χ0v) is 22.2. The summed E-state index contributed by atoms with van der Waals surface area (Å²) in [6.45, 7) is 1.73. The topological polar surface area (TPSA) is 160 Å². The largest absolute Gasteiger partial charge is 0.497 e. The van der Waals surface area contributed by atoms with Gasteiger partial charge in [-0.3, -0.25) is 14.5 Å². The highest BCUT2D eigenvalue weighted by Crippen LogP contribution is 2.47. The highest BCUT2D eigenvalue weighted by Gasteiger charge is 2.41. The predicted molar refractivity (Wildman–Crippen MR) is 141 cm³/mol. The molecule has 2 aromatic heterocycles. The van der Waals surface area contributed by atoms with Crippen LogP contribution in [0.5, 0.6) is 5.75 Å². The number of carbonyl (C=O) groups is 2. The van der Waals surface area contributed by atoms with Gasteiger partial charge in [0.2, 0.25) is 11.0 Å². The number of nitriles is 1. The Bertz CT molecular complexity index is 1500. The van der Waals surface area contributed by atoms with Crippen molar-refractivity contribution >= 4 is 45.7 Å². The summed E-state index contributed by atoms with van der Waals surface area (Å²) in [5.74, 6) is 1.05. The summed E-state index contributed by atoms with van der Waals surface area (Å²) in [6, 6.07) is 11.2. The number of rotatable bonds is 7. The number of nitrogens with two attached hydrogens (primary N) is 1. The van der Waals surface area contributed by atoms with E-state index in [1.165, 1.54) is 23.1 Å². The summed E-state index contributed by atoms with van der Waals surface area (Å²) in [6.07, 6.45) is 1.67. The van der Waals surface area contributed by atoms with E-state index in [-0.39, 0.29) is 28.8 Å². The van der Waals surface area contributed by atoms with Gasteiger partial charge in [0.1, 0.15) is 17.3 Å². The lowest BCUT2D eigenvalue weighted by molar-refractivity contribution is -0.116. The number of carbonyl (C=O) groups excluding carboxylic acids is 2. The lowest BCUT2D eigenvalue weighted by Gasteiger charge is -2.38. The number of nitrogens with zero attached hydrogens (tertiary/aromatic N) is 5. The van der Waals surface area contributed by atoms with Gasteiger partial charge >= 0.3 is 0 Å². The van der Waals surface area contributed by atoms with Crippen LogP contribution in [0, 0.1) is 18.3 Å². The first-order valence-corrected chi connectivity index (χ1v) is 13.5. The molecule has 11 nitrogen and oxygen atoms in total. The number of ether oxygens (including phenoxy) is 1. The monoisotopic (exact) mass is 549 g/mol. The Morgan fingerprint density at radius 1 is 1.34 bits per heavy atom. The summed E-state index contributed by atoms with van der Waals surface area (Å²) >= 11 is 2.44. The molecule has 0 saturated carbocycles. The number of hydrogen-bond acceptors (Lipinski definition) is 12. The molecule has 1 aromatic carbocycles. The number of benzene rings is 1. The van der Waals surface area contributed by atoms with Crippen molar-refractivity contribution in [3.05, 3.63) is 64.3 Å². The summed E-state index contributed by atoms with van der Waals surface area (Å²) in [4.78, 5) is 27.2. The SMILES string of the molecule is COc1ccc(C2C(C#N)=C(N)N(c3nnc(SCC(=O)Nc4cc(C)on4)s3)C3=C2C(=O)CCC3)cc1. The van der Waals surface area contributed by atoms with Gasteiger partial charge in [-0.1, -0.05) is 40.4 Å². The zero-order valence-electron chi connectivity index (χ0n) is 20.6. The Morgan fingerprint density at radius 2 is 2.13 bits per heavy atom. The maximum atomic E-state index is 13.2. The molecule has 0 saturated heterocycles. The fourth-order valence-corrected chi connectivity index (χ4v) is 6.20. The maximum absolute atomic E-state index is 13.2. The molecule has 13 heteroatoms. The van der Waals surface area contributed by atoms with Crippen LogP contribution in [0.25, 0.3) is 0 Å². The minimum atomic E-state index is -0.574. The lowest BCUT2D eigenvalue weighted by atomic mass is 9.76. The highest BCUT2D eigenvalue weighted by molar-refractivity contribution is 8.01. The molecule has 1 aliphatic carbocycles. The smallest absolute Gasteiger partial charge is 0.236 e. The number of anilines is 2. The first-order valence-electron chi connectivity index (χ1n) is 11.7. The normalized spacial score (nSPS) is 17.3. The van der Waals surface area contributed by atoms with Crippen LogP contribution in [0.1, 0.15) is 36.5 Å². The molecule has 1 aliphatic heterocycles. The molecular weight excluding hydrogens is 526 g/mol. The van der Waals surface area contributed by atoms with Gasteiger partial charge < -0.3 is 20.3 Å². The van der Waals surface area contributed by atoms with Crippen LogP contribution in [0.2, 0.25) is 0 Å². The molecule has 2 aliphatic rings. The van der Waals surface area contributed by atoms with Crippen LogP contribution >= 0.6 is 23.1 Å². The molecule has 3 aromatic rings. The number of aryl methyl sites for hydroxylation is 1. The Labute approximate surface area is 226 Å². The van der Waals surface area contributed by atoms with Crippen LogP contribution in [-0.2, 0) is 9.59 Å². The third-order valence-corrected chi connectivity index (χ3v) is 8.21. The average molecular weight is 550 g/mol. The van der Waals surface area contributed by atoms with Crippen molar-refractivity contribution in [1.82, 2.24) is 15.4 Å². The van der Waals surface area contributed by atoms with Crippen molar-refractivity contribution in [1.29, 1.82) is 5.26 Å². The Balaban J connectivity index is 1.43. The predicted octanol–water partition coefficient (Wildman–Crippen LogP) is 3.88. The molecule has 0 radical (unpaired) electrons. The third-order valence-electron chi connectivity index (χ3n) is 6.17. The van der Waals surface area contributed by atoms with Crippen molar-refractivity contribution in [3.8, 4) is 11.8 Å². The van der Waals surface area contributed by atoms with Gasteiger partial charge in [0, 0.05) is 23.8 Å². The number of allylic oxidation sites excluding steroid dienone is 3. The van der Waals surface area contributed by atoms with Crippen molar-refractivity contribution in [2.45, 2.75) is 36.4 Å². The molecule has 5 rings (SSSR count). The highest BCUT2D eigenvalue weighted by atomic mass is 32.2. The minimum absolute atomic E-state index is 0.0174. The quantitative estimate of drug-likeness (QED) is 0.412. The van der Waals surface area contributed by atoms with E-state index in [2.05, 4.69) is 26.7 Å².